The minimum absolute atomic E-state index is 0.656. The zero-order valence-corrected chi connectivity index (χ0v) is 12.9. The fourth-order valence-electron chi connectivity index (χ4n) is 1.61. The number of hydrogen-bond acceptors (Lipinski definition) is 4. The van der Waals surface area contributed by atoms with Gasteiger partial charge in [0, 0.05) is 0 Å². The Morgan fingerprint density at radius 3 is 1.88 bits per heavy atom. The molecule has 4 nitrogen and oxygen atoms in total. The van der Waals surface area contributed by atoms with Gasteiger partial charge in [0.1, 0.15) is 0 Å². The van der Waals surface area contributed by atoms with Crippen LogP contribution in [0.4, 0.5) is 0 Å². The Balaban J connectivity index is 4.08. The summed E-state index contributed by atoms with van der Waals surface area (Å²) in [6.07, 6.45) is 3.46. The third kappa shape index (κ3) is 7.95. The molecule has 0 radical (unpaired) electrons. The molecule has 0 atom stereocenters. The molecule has 17 heavy (non-hydrogen) atoms. The Hall–Kier alpha value is 0.134. The molecule has 0 saturated heterocycles. The van der Waals surface area contributed by atoms with Crippen LogP contribution in [0, 0.1) is 0 Å². The second kappa shape index (κ2) is 11.2. The van der Waals surface area contributed by atoms with Crippen molar-refractivity contribution in [2.45, 2.75) is 38.3 Å². The average molecular weight is 282 g/mol. The van der Waals surface area contributed by atoms with Gasteiger partial charge in [-0.15, -0.1) is 0 Å². The van der Waals surface area contributed by atoms with E-state index in [1.807, 2.05) is 20.8 Å². The molecule has 0 spiro atoms. The van der Waals surface area contributed by atoms with Crippen LogP contribution in [-0.4, -0.2) is 26.4 Å². The van der Waals surface area contributed by atoms with Gasteiger partial charge in [0.15, 0.2) is 0 Å². The summed E-state index contributed by atoms with van der Waals surface area (Å²) in [6.45, 7) is 12.1. The Bertz CT molecular complexity index is 170. The van der Waals surface area contributed by atoms with Crippen molar-refractivity contribution in [1.82, 2.24) is 0 Å². The van der Waals surface area contributed by atoms with Crippen LogP contribution >= 0.6 is 0 Å². The molecule has 0 unspecified atom stereocenters. The molecular weight excluding hydrogens is 256 g/mol. The van der Waals surface area contributed by atoms with Crippen LogP contribution in [-0.2, 0) is 32.4 Å². The van der Waals surface area contributed by atoms with E-state index in [4.69, 9.17) is 14.7 Å². The number of rotatable bonds is 12. The van der Waals surface area contributed by atoms with E-state index in [-0.39, 0.29) is 0 Å². The molecule has 0 bridgehead atoms. The van der Waals surface area contributed by atoms with E-state index in [1.54, 1.807) is 0 Å². The number of unbranched alkanes of at least 4 members (excludes halogenated alkanes) is 1. The zero-order valence-electron chi connectivity index (χ0n) is 11.4. The maximum absolute atomic E-state index is 5.80. The molecule has 0 aliphatic carbocycles. The summed E-state index contributed by atoms with van der Waals surface area (Å²) in [5.41, 5.74) is 0. The third-order valence-electron chi connectivity index (χ3n) is 2.21. The summed E-state index contributed by atoms with van der Waals surface area (Å²) in [7, 11) is 0. The molecule has 0 fully saturated rings. The van der Waals surface area contributed by atoms with Crippen molar-refractivity contribution >= 4 is 0 Å². The van der Waals surface area contributed by atoms with Crippen LogP contribution in [0.1, 0.15) is 33.6 Å². The van der Waals surface area contributed by atoms with E-state index in [0.29, 0.717) is 26.4 Å². The summed E-state index contributed by atoms with van der Waals surface area (Å²) in [6, 6.07) is 0. The first-order valence-corrected chi connectivity index (χ1v) is 9.40. The Morgan fingerprint density at radius 2 is 1.47 bits per heavy atom. The average Bonchev–Trinajstić information content (AvgIpc) is 2.30. The van der Waals surface area contributed by atoms with Gasteiger partial charge in [0.05, 0.1) is 0 Å². The molecular formula is C12H26O4Ti. The number of ether oxygens (including phenoxy) is 1. The van der Waals surface area contributed by atoms with Crippen LogP contribution in [0.15, 0.2) is 12.8 Å². The second-order valence-corrected chi connectivity index (χ2v) is 7.74. The van der Waals surface area contributed by atoms with Crippen molar-refractivity contribution in [3.8, 4) is 0 Å². The fourth-order valence-corrected chi connectivity index (χ4v) is 5.81. The molecule has 102 valence electrons. The van der Waals surface area contributed by atoms with Crippen molar-refractivity contribution in [1.29, 1.82) is 0 Å². The van der Waals surface area contributed by atoms with E-state index in [2.05, 4.69) is 6.58 Å². The molecule has 0 rings (SSSR count). The molecule has 0 N–H and O–H groups in total. The van der Waals surface area contributed by atoms with E-state index in [0.717, 1.165) is 17.6 Å². The van der Waals surface area contributed by atoms with Crippen LogP contribution < -0.4 is 0 Å². The molecule has 5 heteroatoms. The van der Waals surface area contributed by atoms with E-state index in [1.165, 1.54) is 6.26 Å². The van der Waals surface area contributed by atoms with Gasteiger partial charge in [-0.1, -0.05) is 0 Å². The van der Waals surface area contributed by atoms with Gasteiger partial charge in [0.25, 0.3) is 0 Å². The Labute approximate surface area is 110 Å². The van der Waals surface area contributed by atoms with Crippen molar-refractivity contribution < 1.29 is 32.4 Å². The fraction of sp³-hybridized carbons (Fsp3) is 0.833. The Kier molecular flexibility index (Phi) is 11.3. The Morgan fingerprint density at radius 1 is 0.941 bits per heavy atom. The zero-order chi connectivity index (χ0) is 13.0. The minimum atomic E-state index is -2.98. The third-order valence-corrected chi connectivity index (χ3v) is 7.13. The van der Waals surface area contributed by atoms with Crippen molar-refractivity contribution in [3.05, 3.63) is 12.8 Å². The predicted octanol–water partition coefficient (Wildman–Crippen LogP) is 3.35. The van der Waals surface area contributed by atoms with Gasteiger partial charge < -0.3 is 0 Å². The molecule has 0 saturated carbocycles. The molecule has 0 aliphatic rings. The summed E-state index contributed by atoms with van der Waals surface area (Å²) in [5.74, 6) is 0. The molecule has 0 aromatic carbocycles. The summed E-state index contributed by atoms with van der Waals surface area (Å²) in [4.78, 5) is 0. The predicted molar refractivity (Wildman–Crippen MR) is 65.1 cm³/mol. The molecule has 0 heterocycles. The van der Waals surface area contributed by atoms with Gasteiger partial charge in [-0.2, -0.15) is 0 Å². The van der Waals surface area contributed by atoms with Crippen molar-refractivity contribution in [2.24, 2.45) is 0 Å². The van der Waals surface area contributed by atoms with Gasteiger partial charge in [-0.3, -0.25) is 0 Å². The monoisotopic (exact) mass is 282 g/mol. The molecule has 0 aliphatic heterocycles. The van der Waals surface area contributed by atoms with Crippen LogP contribution in [0.25, 0.3) is 0 Å². The molecule has 0 aromatic heterocycles. The van der Waals surface area contributed by atoms with E-state index in [9.17, 15) is 0 Å². The van der Waals surface area contributed by atoms with E-state index < -0.39 is 17.8 Å². The summed E-state index contributed by atoms with van der Waals surface area (Å²) >= 11 is -2.98. The van der Waals surface area contributed by atoms with Gasteiger partial charge in [0.2, 0.25) is 0 Å². The first-order valence-electron chi connectivity index (χ1n) is 6.39. The normalized spacial score (nSPS) is 11.5. The van der Waals surface area contributed by atoms with Gasteiger partial charge in [-0.05, 0) is 0 Å². The van der Waals surface area contributed by atoms with Crippen molar-refractivity contribution in [3.63, 3.8) is 0 Å². The van der Waals surface area contributed by atoms with Crippen LogP contribution in [0.3, 0.4) is 0 Å². The van der Waals surface area contributed by atoms with Crippen LogP contribution in [0.2, 0.25) is 4.73 Å². The summed E-state index contributed by atoms with van der Waals surface area (Å²) in [5, 5.41) is 0. The summed E-state index contributed by atoms with van der Waals surface area (Å²) < 4.78 is 23.4. The first kappa shape index (κ1) is 17.1. The molecule has 0 amide bonds. The maximum atomic E-state index is 5.80. The van der Waals surface area contributed by atoms with Gasteiger partial charge >= 0.3 is 110 Å². The quantitative estimate of drug-likeness (QED) is 0.312. The van der Waals surface area contributed by atoms with E-state index >= 15 is 0 Å². The molecule has 0 aromatic rings. The standard InChI is InChI=1S/C6H11O.3C2H5O.Ti/c1-3-5-6-7-4-2;3*1-2-3;/h4H,1-3,5-6H2;3*2H2,1H3;/q;3*-1;+3. The topological polar surface area (TPSA) is 36.9 Å². The second-order valence-electron chi connectivity index (χ2n) is 3.48. The first-order chi connectivity index (χ1) is 8.24. The van der Waals surface area contributed by atoms with Crippen molar-refractivity contribution in [2.75, 3.05) is 26.4 Å². The SMILES string of the molecule is C=COCCC[CH2][Ti]([O]CC)([O]CC)[O]CC. The van der Waals surface area contributed by atoms with Crippen LogP contribution in [0.5, 0.6) is 0 Å². The van der Waals surface area contributed by atoms with Gasteiger partial charge in [-0.25, -0.2) is 0 Å². The number of hydrogen-bond donors (Lipinski definition) is 0.